The molecule has 0 aliphatic heterocycles. The van der Waals surface area contributed by atoms with E-state index in [1.807, 2.05) is 0 Å². The van der Waals surface area contributed by atoms with Gasteiger partial charge in [-0.05, 0) is 37.3 Å². The molecule has 0 bridgehead atoms. The van der Waals surface area contributed by atoms with Crippen molar-refractivity contribution in [1.29, 1.82) is 0 Å². The van der Waals surface area contributed by atoms with Gasteiger partial charge in [0.05, 0.1) is 5.02 Å². The molecule has 0 spiro atoms. The molecular weight excluding hydrogens is 383 g/mol. The van der Waals surface area contributed by atoms with Gasteiger partial charge < -0.3 is 5.32 Å². The fraction of sp³-hybridized carbons (Fsp3) is 0.200. The summed E-state index contributed by atoms with van der Waals surface area (Å²) < 4.78 is 28.0. The topological polar surface area (TPSA) is 12.0 Å². The van der Waals surface area contributed by atoms with Crippen molar-refractivity contribution in [2.45, 2.75) is 19.5 Å². The minimum absolute atomic E-state index is 0.0165. The van der Waals surface area contributed by atoms with E-state index in [0.29, 0.717) is 16.1 Å². The van der Waals surface area contributed by atoms with E-state index in [2.05, 4.69) is 21.2 Å². The molecule has 0 saturated carbocycles. The highest BCUT2D eigenvalue weighted by Crippen LogP contribution is 2.32. The second kappa shape index (κ2) is 7.05. The van der Waals surface area contributed by atoms with Gasteiger partial charge in [0, 0.05) is 33.2 Å². The number of benzene rings is 2. The van der Waals surface area contributed by atoms with Crippen LogP contribution in [0.4, 0.5) is 8.78 Å². The van der Waals surface area contributed by atoms with E-state index >= 15 is 0 Å². The van der Waals surface area contributed by atoms with Crippen molar-refractivity contribution in [2.24, 2.45) is 0 Å². The molecule has 6 heteroatoms. The van der Waals surface area contributed by atoms with Crippen molar-refractivity contribution >= 4 is 39.1 Å². The van der Waals surface area contributed by atoms with Crippen molar-refractivity contribution in [3.63, 3.8) is 0 Å². The van der Waals surface area contributed by atoms with Crippen LogP contribution < -0.4 is 5.32 Å². The summed E-state index contributed by atoms with van der Waals surface area (Å²) in [4.78, 5) is 0. The van der Waals surface area contributed by atoms with Gasteiger partial charge in [-0.25, -0.2) is 8.78 Å². The van der Waals surface area contributed by atoms with Crippen LogP contribution in [0.25, 0.3) is 0 Å². The first-order chi connectivity index (χ1) is 9.90. The molecule has 1 unspecified atom stereocenters. The third kappa shape index (κ3) is 3.95. The smallest absolute Gasteiger partial charge is 0.142 e. The minimum Gasteiger partial charge on any atom is -0.306 e. The Morgan fingerprint density at radius 3 is 2.52 bits per heavy atom. The molecule has 2 rings (SSSR count). The Morgan fingerprint density at radius 1 is 1.14 bits per heavy atom. The molecule has 0 aliphatic carbocycles. The average molecular weight is 395 g/mol. The summed E-state index contributed by atoms with van der Waals surface area (Å²) in [5.74, 6) is -0.840. The van der Waals surface area contributed by atoms with Gasteiger partial charge in [0.25, 0.3) is 0 Å². The highest BCUT2D eigenvalue weighted by Gasteiger charge is 2.17. The van der Waals surface area contributed by atoms with Crippen LogP contribution in [0.3, 0.4) is 0 Å². The van der Waals surface area contributed by atoms with E-state index < -0.39 is 5.82 Å². The zero-order valence-electron chi connectivity index (χ0n) is 11.1. The maximum atomic E-state index is 13.7. The first-order valence-electron chi connectivity index (χ1n) is 6.21. The summed E-state index contributed by atoms with van der Waals surface area (Å²) in [7, 11) is 0. The summed E-state index contributed by atoms with van der Waals surface area (Å²) in [6.07, 6.45) is 0. The van der Waals surface area contributed by atoms with Crippen molar-refractivity contribution in [1.82, 2.24) is 5.32 Å². The molecule has 112 valence electrons. The van der Waals surface area contributed by atoms with Gasteiger partial charge in [-0.2, -0.15) is 0 Å². The van der Waals surface area contributed by atoms with Crippen molar-refractivity contribution in [3.8, 4) is 0 Å². The lowest BCUT2D eigenvalue weighted by molar-refractivity contribution is 0.540. The molecular formula is C15H12BrCl2F2N. The summed E-state index contributed by atoms with van der Waals surface area (Å²) in [5.41, 5.74) is 0.966. The quantitative estimate of drug-likeness (QED) is 0.638. The third-order valence-corrected chi connectivity index (χ3v) is 4.33. The van der Waals surface area contributed by atoms with Gasteiger partial charge in [0.2, 0.25) is 0 Å². The van der Waals surface area contributed by atoms with E-state index in [1.165, 1.54) is 18.2 Å². The molecule has 0 heterocycles. The number of nitrogens with one attached hydrogen (secondary N) is 1. The monoisotopic (exact) mass is 393 g/mol. The largest absolute Gasteiger partial charge is 0.306 e. The van der Waals surface area contributed by atoms with Gasteiger partial charge in [0.15, 0.2) is 0 Å². The maximum Gasteiger partial charge on any atom is 0.142 e. The molecule has 2 aromatic rings. The minimum atomic E-state index is -0.529. The van der Waals surface area contributed by atoms with Gasteiger partial charge in [-0.15, -0.1) is 0 Å². The molecule has 0 fully saturated rings. The van der Waals surface area contributed by atoms with Crippen LogP contribution in [0.1, 0.15) is 24.1 Å². The van der Waals surface area contributed by atoms with Crippen LogP contribution in [0.2, 0.25) is 10.0 Å². The molecule has 0 aromatic heterocycles. The second-order valence-corrected chi connectivity index (χ2v) is 6.30. The van der Waals surface area contributed by atoms with Crippen LogP contribution in [0.15, 0.2) is 34.8 Å². The van der Waals surface area contributed by atoms with Crippen molar-refractivity contribution in [3.05, 3.63) is 67.6 Å². The number of hydrogen-bond acceptors (Lipinski definition) is 1. The maximum absolute atomic E-state index is 13.7. The highest BCUT2D eigenvalue weighted by atomic mass is 79.9. The first-order valence-corrected chi connectivity index (χ1v) is 7.75. The Bertz CT molecular complexity index is 664. The molecule has 21 heavy (non-hydrogen) atoms. The highest BCUT2D eigenvalue weighted by molar-refractivity contribution is 9.10. The van der Waals surface area contributed by atoms with Gasteiger partial charge in [-0.3, -0.25) is 0 Å². The molecule has 1 atom stereocenters. The van der Waals surface area contributed by atoms with Crippen LogP contribution in [-0.2, 0) is 6.54 Å². The van der Waals surface area contributed by atoms with Crippen LogP contribution in [-0.4, -0.2) is 0 Å². The Hall–Kier alpha value is -0.680. The molecule has 0 saturated heterocycles. The van der Waals surface area contributed by atoms with E-state index in [9.17, 15) is 8.78 Å². The first kappa shape index (κ1) is 16.7. The van der Waals surface area contributed by atoms with Gasteiger partial charge in [0.1, 0.15) is 11.6 Å². The Balaban J connectivity index is 2.17. The number of halogens is 5. The fourth-order valence-electron chi connectivity index (χ4n) is 1.98. The molecule has 1 nitrogen and oxygen atoms in total. The molecule has 2 aromatic carbocycles. The Labute approximate surface area is 140 Å². The van der Waals surface area contributed by atoms with E-state index in [0.717, 1.165) is 4.47 Å². The summed E-state index contributed by atoms with van der Waals surface area (Å²) >= 11 is 15.3. The van der Waals surface area contributed by atoms with Crippen LogP contribution >= 0.6 is 39.1 Å². The predicted octanol–water partition coefficient (Wildman–Crippen LogP) is 5.88. The van der Waals surface area contributed by atoms with Crippen molar-refractivity contribution in [2.75, 3.05) is 0 Å². The predicted molar refractivity (Wildman–Crippen MR) is 85.8 cm³/mol. The lowest BCUT2D eigenvalue weighted by Gasteiger charge is -2.18. The van der Waals surface area contributed by atoms with Gasteiger partial charge >= 0.3 is 0 Å². The number of rotatable bonds is 4. The Morgan fingerprint density at radius 2 is 1.81 bits per heavy atom. The zero-order valence-corrected chi connectivity index (χ0v) is 14.2. The molecule has 0 aliphatic rings. The fourth-order valence-corrected chi connectivity index (χ4v) is 3.09. The van der Waals surface area contributed by atoms with E-state index in [4.69, 9.17) is 23.2 Å². The number of hydrogen-bond donors (Lipinski definition) is 1. The zero-order chi connectivity index (χ0) is 15.6. The molecule has 0 amide bonds. The van der Waals surface area contributed by atoms with Crippen LogP contribution in [0, 0.1) is 11.6 Å². The average Bonchev–Trinajstić information content (AvgIpc) is 2.44. The van der Waals surface area contributed by atoms with E-state index in [-0.39, 0.29) is 23.4 Å². The summed E-state index contributed by atoms with van der Waals surface area (Å²) in [6, 6.07) is 7.05. The molecule has 0 radical (unpaired) electrons. The van der Waals surface area contributed by atoms with E-state index in [1.54, 1.807) is 19.1 Å². The SMILES string of the molecule is CC(NCc1cc(Br)ccc1F)c1c(Cl)ccc(F)c1Cl. The lowest BCUT2D eigenvalue weighted by atomic mass is 10.1. The summed E-state index contributed by atoms with van der Waals surface area (Å²) in [6.45, 7) is 2.07. The Kier molecular flexibility index (Phi) is 5.60. The van der Waals surface area contributed by atoms with Gasteiger partial charge in [-0.1, -0.05) is 39.1 Å². The van der Waals surface area contributed by atoms with Crippen LogP contribution in [0.5, 0.6) is 0 Å². The normalized spacial score (nSPS) is 12.5. The summed E-state index contributed by atoms with van der Waals surface area (Å²) in [5, 5.41) is 3.45. The lowest BCUT2D eigenvalue weighted by Crippen LogP contribution is -2.19. The third-order valence-electron chi connectivity index (χ3n) is 3.12. The molecule has 1 N–H and O–H groups in total. The second-order valence-electron chi connectivity index (χ2n) is 4.60. The standard InChI is InChI=1S/C15H12BrCl2F2N/c1-8(14-11(17)3-5-13(20)15(14)18)21-7-9-6-10(16)2-4-12(9)19/h2-6,8,21H,7H2,1H3. The van der Waals surface area contributed by atoms with Crippen molar-refractivity contribution < 1.29 is 8.78 Å².